The Morgan fingerprint density at radius 2 is 2.00 bits per heavy atom. The van der Waals surface area contributed by atoms with Crippen molar-refractivity contribution in [2.24, 2.45) is 11.8 Å². The van der Waals surface area contributed by atoms with Gasteiger partial charge in [-0.3, -0.25) is 0 Å². The molecular formula is C15H22OS. The Morgan fingerprint density at radius 3 is 2.65 bits per heavy atom. The zero-order valence-electron chi connectivity index (χ0n) is 10.9. The van der Waals surface area contributed by atoms with Crippen LogP contribution < -0.4 is 0 Å². The predicted molar refractivity (Wildman–Crippen MR) is 74.4 cm³/mol. The van der Waals surface area contributed by atoms with E-state index in [-0.39, 0.29) is 0 Å². The molecule has 1 fully saturated rings. The van der Waals surface area contributed by atoms with E-state index < -0.39 is 0 Å². The predicted octanol–water partition coefficient (Wildman–Crippen LogP) is 4.23. The summed E-state index contributed by atoms with van der Waals surface area (Å²) in [4.78, 5) is 1.36. The van der Waals surface area contributed by atoms with E-state index in [9.17, 15) is 0 Å². The zero-order valence-corrected chi connectivity index (χ0v) is 11.7. The van der Waals surface area contributed by atoms with Crippen LogP contribution in [0.1, 0.15) is 27.2 Å². The van der Waals surface area contributed by atoms with E-state index in [4.69, 9.17) is 4.74 Å². The Balaban J connectivity index is 2.01. The highest BCUT2D eigenvalue weighted by Crippen LogP contribution is 2.38. The van der Waals surface area contributed by atoms with Crippen molar-refractivity contribution in [1.82, 2.24) is 0 Å². The average Bonchev–Trinajstić information content (AvgIpc) is 2.62. The second-order valence-corrected chi connectivity index (χ2v) is 6.63. The van der Waals surface area contributed by atoms with E-state index in [1.807, 2.05) is 11.8 Å². The SMILES string of the molecule is CC(C)C[C@@H]1OC[C@@H](C)[C@@H]1Sc1ccccc1. The molecule has 0 bridgehead atoms. The van der Waals surface area contributed by atoms with Gasteiger partial charge in [0.2, 0.25) is 0 Å². The summed E-state index contributed by atoms with van der Waals surface area (Å²) < 4.78 is 5.94. The third-order valence-corrected chi connectivity index (χ3v) is 4.80. The molecule has 2 rings (SSSR count). The first-order chi connectivity index (χ1) is 8.16. The molecule has 1 aliphatic heterocycles. The first-order valence-corrected chi connectivity index (χ1v) is 7.38. The molecule has 2 heteroatoms. The maximum Gasteiger partial charge on any atom is 0.0703 e. The summed E-state index contributed by atoms with van der Waals surface area (Å²) in [5.74, 6) is 1.37. The molecule has 0 aliphatic carbocycles. The summed E-state index contributed by atoms with van der Waals surface area (Å²) in [7, 11) is 0. The molecule has 3 atom stereocenters. The Kier molecular flexibility index (Phi) is 4.52. The molecule has 0 spiro atoms. The van der Waals surface area contributed by atoms with Crippen molar-refractivity contribution in [1.29, 1.82) is 0 Å². The van der Waals surface area contributed by atoms with Gasteiger partial charge in [-0.1, -0.05) is 39.0 Å². The molecule has 17 heavy (non-hydrogen) atoms. The highest BCUT2D eigenvalue weighted by Gasteiger charge is 2.35. The fraction of sp³-hybridized carbons (Fsp3) is 0.600. The van der Waals surface area contributed by atoms with Gasteiger partial charge in [0.05, 0.1) is 12.7 Å². The molecule has 1 aromatic rings. The van der Waals surface area contributed by atoms with Crippen molar-refractivity contribution in [3.63, 3.8) is 0 Å². The van der Waals surface area contributed by atoms with E-state index in [2.05, 4.69) is 51.1 Å². The quantitative estimate of drug-likeness (QED) is 0.791. The van der Waals surface area contributed by atoms with Crippen LogP contribution in [-0.2, 0) is 4.74 Å². The number of hydrogen-bond acceptors (Lipinski definition) is 2. The molecule has 0 unspecified atom stereocenters. The Bertz CT molecular complexity index is 336. The minimum atomic E-state index is 0.426. The van der Waals surface area contributed by atoms with Crippen LogP contribution in [0.4, 0.5) is 0 Å². The summed E-state index contributed by atoms with van der Waals surface area (Å²) in [6.45, 7) is 7.77. The van der Waals surface area contributed by atoms with Crippen LogP contribution in [0.3, 0.4) is 0 Å². The summed E-state index contributed by atoms with van der Waals surface area (Å²) in [6, 6.07) is 10.7. The minimum Gasteiger partial charge on any atom is -0.377 e. The molecule has 1 nitrogen and oxygen atoms in total. The van der Waals surface area contributed by atoms with E-state index in [1.54, 1.807) is 0 Å². The first kappa shape index (κ1) is 13.0. The largest absolute Gasteiger partial charge is 0.377 e. The van der Waals surface area contributed by atoms with Gasteiger partial charge in [-0.15, -0.1) is 11.8 Å². The van der Waals surface area contributed by atoms with Gasteiger partial charge in [0, 0.05) is 10.1 Å². The number of ether oxygens (including phenoxy) is 1. The molecule has 1 heterocycles. The monoisotopic (exact) mass is 250 g/mol. The zero-order chi connectivity index (χ0) is 12.3. The normalized spacial score (nSPS) is 28.8. The Hall–Kier alpha value is -0.470. The van der Waals surface area contributed by atoms with Crippen LogP contribution in [0.5, 0.6) is 0 Å². The van der Waals surface area contributed by atoms with Crippen LogP contribution in [0.25, 0.3) is 0 Å². The molecule has 0 saturated carbocycles. The van der Waals surface area contributed by atoms with E-state index in [0.29, 0.717) is 23.2 Å². The van der Waals surface area contributed by atoms with E-state index >= 15 is 0 Å². The lowest BCUT2D eigenvalue weighted by Gasteiger charge is -2.22. The molecule has 1 aromatic carbocycles. The van der Waals surface area contributed by atoms with Crippen LogP contribution in [-0.4, -0.2) is 18.0 Å². The third-order valence-electron chi connectivity index (χ3n) is 3.22. The van der Waals surface area contributed by atoms with Crippen LogP contribution in [0, 0.1) is 11.8 Å². The smallest absolute Gasteiger partial charge is 0.0703 e. The highest BCUT2D eigenvalue weighted by atomic mass is 32.2. The lowest BCUT2D eigenvalue weighted by molar-refractivity contribution is 0.0927. The third kappa shape index (κ3) is 3.49. The van der Waals surface area contributed by atoms with Gasteiger partial charge < -0.3 is 4.74 Å². The molecule has 94 valence electrons. The minimum absolute atomic E-state index is 0.426. The van der Waals surface area contributed by atoms with Gasteiger partial charge >= 0.3 is 0 Å². The van der Waals surface area contributed by atoms with Gasteiger partial charge in [0.25, 0.3) is 0 Å². The van der Waals surface area contributed by atoms with Crippen LogP contribution in [0.15, 0.2) is 35.2 Å². The van der Waals surface area contributed by atoms with Gasteiger partial charge in [-0.25, -0.2) is 0 Å². The maximum absolute atomic E-state index is 5.94. The molecule has 0 amide bonds. The fourth-order valence-electron chi connectivity index (χ4n) is 2.35. The highest BCUT2D eigenvalue weighted by molar-refractivity contribution is 8.00. The standard InChI is InChI=1S/C15H22OS/c1-11(2)9-14-15(12(3)10-16-14)17-13-7-5-4-6-8-13/h4-8,11-12,14-15H,9-10H2,1-3H3/t12-,14+,15+/m1/s1. The van der Waals surface area contributed by atoms with Crippen molar-refractivity contribution < 1.29 is 4.74 Å². The number of rotatable bonds is 4. The topological polar surface area (TPSA) is 9.23 Å². The second-order valence-electron chi connectivity index (χ2n) is 5.37. The van der Waals surface area contributed by atoms with Crippen molar-refractivity contribution in [2.45, 2.75) is 43.4 Å². The molecule has 1 saturated heterocycles. The van der Waals surface area contributed by atoms with E-state index in [0.717, 1.165) is 6.61 Å². The lowest BCUT2D eigenvalue weighted by atomic mass is 10.00. The van der Waals surface area contributed by atoms with Crippen LogP contribution in [0.2, 0.25) is 0 Å². The lowest BCUT2D eigenvalue weighted by Crippen LogP contribution is -2.23. The molecule has 0 N–H and O–H groups in total. The Morgan fingerprint density at radius 1 is 1.29 bits per heavy atom. The maximum atomic E-state index is 5.94. The summed E-state index contributed by atoms with van der Waals surface area (Å²) >= 11 is 1.98. The van der Waals surface area contributed by atoms with Crippen molar-refractivity contribution >= 4 is 11.8 Å². The average molecular weight is 250 g/mol. The van der Waals surface area contributed by atoms with Crippen molar-refractivity contribution in [3.8, 4) is 0 Å². The van der Waals surface area contributed by atoms with Gasteiger partial charge in [0.15, 0.2) is 0 Å². The molecule has 0 radical (unpaired) electrons. The second kappa shape index (κ2) is 5.92. The van der Waals surface area contributed by atoms with E-state index in [1.165, 1.54) is 11.3 Å². The van der Waals surface area contributed by atoms with Crippen LogP contribution >= 0.6 is 11.8 Å². The fourth-order valence-corrected chi connectivity index (χ4v) is 3.63. The molecule has 0 aromatic heterocycles. The number of hydrogen-bond donors (Lipinski definition) is 0. The van der Waals surface area contributed by atoms with Crippen molar-refractivity contribution in [2.75, 3.05) is 6.61 Å². The van der Waals surface area contributed by atoms with Gasteiger partial charge in [-0.05, 0) is 30.4 Å². The Labute approximate surface area is 109 Å². The molecule has 1 aliphatic rings. The molecular weight excluding hydrogens is 228 g/mol. The van der Waals surface area contributed by atoms with Crippen molar-refractivity contribution in [3.05, 3.63) is 30.3 Å². The first-order valence-electron chi connectivity index (χ1n) is 6.50. The van der Waals surface area contributed by atoms with Gasteiger partial charge in [-0.2, -0.15) is 0 Å². The number of thioether (sulfide) groups is 1. The van der Waals surface area contributed by atoms with Gasteiger partial charge in [0.1, 0.15) is 0 Å². The summed E-state index contributed by atoms with van der Waals surface area (Å²) in [5.41, 5.74) is 0. The number of benzene rings is 1. The summed E-state index contributed by atoms with van der Waals surface area (Å²) in [6.07, 6.45) is 1.60. The summed E-state index contributed by atoms with van der Waals surface area (Å²) in [5, 5.41) is 0.611.